The number of hydrogen-bond donors (Lipinski definition) is 4. The van der Waals surface area contributed by atoms with E-state index in [4.69, 9.17) is 5.11 Å². The molecule has 2 unspecified atom stereocenters. The summed E-state index contributed by atoms with van der Waals surface area (Å²) in [6, 6.07) is -1.48. The van der Waals surface area contributed by atoms with Gasteiger partial charge in [0.15, 0.2) is 0 Å². The van der Waals surface area contributed by atoms with Gasteiger partial charge in [-0.05, 0) is 13.2 Å². The highest BCUT2D eigenvalue weighted by Gasteiger charge is 2.21. The molecule has 2 amide bonds. The third kappa shape index (κ3) is 5.64. The molecule has 19 heavy (non-hydrogen) atoms. The normalized spacial score (nSPS) is 13.6. The van der Waals surface area contributed by atoms with Crippen molar-refractivity contribution in [3.05, 3.63) is 18.2 Å². The fourth-order valence-electron chi connectivity index (χ4n) is 1.53. The van der Waals surface area contributed by atoms with Gasteiger partial charge in [-0.3, -0.25) is 0 Å². The molecule has 1 aromatic rings. The molecule has 2 atom stereocenters. The minimum atomic E-state index is -1.08. The highest BCUT2D eigenvalue weighted by molar-refractivity contribution is 7.98. The number of aromatic nitrogens is 2. The van der Waals surface area contributed by atoms with Gasteiger partial charge in [-0.25, -0.2) is 14.6 Å². The number of nitrogens with zero attached hydrogens (tertiary/aromatic N) is 1. The molecule has 0 saturated heterocycles. The van der Waals surface area contributed by atoms with Crippen LogP contribution < -0.4 is 10.6 Å². The number of thioether (sulfide) groups is 1. The molecule has 0 saturated carbocycles. The maximum absolute atomic E-state index is 11.7. The van der Waals surface area contributed by atoms with Crippen LogP contribution in [0.4, 0.5) is 4.79 Å². The lowest BCUT2D eigenvalue weighted by Gasteiger charge is -2.17. The van der Waals surface area contributed by atoms with E-state index in [2.05, 4.69) is 20.6 Å². The highest BCUT2D eigenvalue weighted by Crippen LogP contribution is 2.00. The number of aliphatic carboxylic acids is 1. The highest BCUT2D eigenvalue weighted by atomic mass is 32.2. The Morgan fingerprint density at radius 1 is 1.53 bits per heavy atom. The van der Waals surface area contributed by atoms with Crippen molar-refractivity contribution < 1.29 is 14.7 Å². The number of hydrogen-bond acceptors (Lipinski definition) is 4. The Morgan fingerprint density at radius 3 is 2.79 bits per heavy atom. The van der Waals surface area contributed by atoms with Crippen LogP contribution in [-0.2, 0) is 11.2 Å². The molecule has 1 aromatic heterocycles. The Morgan fingerprint density at radius 2 is 2.26 bits per heavy atom. The number of nitrogens with one attached hydrogen (secondary N) is 3. The van der Waals surface area contributed by atoms with Gasteiger partial charge in [0.25, 0.3) is 0 Å². The molecule has 8 heteroatoms. The Labute approximate surface area is 115 Å². The van der Waals surface area contributed by atoms with Gasteiger partial charge in [0.1, 0.15) is 6.04 Å². The van der Waals surface area contributed by atoms with Gasteiger partial charge in [0, 0.05) is 30.1 Å². The molecule has 7 nitrogen and oxygen atoms in total. The summed E-state index contributed by atoms with van der Waals surface area (Å²) < 4.78 is 0. The number of carboxylic acid groups (broad SMARTS) is 1. The van der Waals surface area contributed by atoms with E-state index in [-0.39, 0.29) is 12.5 Å². The number of carbonyl (C=O) groups excluding carboxylic acids is 1. The van der Waals surface area contributed by atoms with E-state index < -0.39 is 18.0 Å². The van der Waals surface area contributed by atoms with Crippen LogP contribution in [0.25, 0.3) is 0 Å². The van der Waals surface area contributed by atoms with Gasteiger partial charge in [-0.1, -0.05) is 0 Å². The first-order valence-corrected chi connectivity index (χ1v) is 7.18. The fraction of sp³-hybridized carbons (Fsp3) is 0.545. The number of urea groups is 1. The number of carboxylic acids is 1. The van der Waals surface area contributed by atoms with Gasteiger partial charge in [0.2, 0.25) is 0 Å². The number of carbonyl (C=O) groups is 2. The molecule has 0 aliphatic carbocycles. The van der Waals surface area contributed by atoms with Crippen LogP contribution in [-0.4, -0.2) is 51.2 Å². The van der Waals surface area contributed by atoms with Crippen molar-refractivity contribution in [1.82, 2.24) is 20.6 Å². The molecule has 4 N–H and O–H groups in total. The minimum Gasteiger partial charge on any atom is -0.480 e. The molecule has 1 heterocycles. The molecule has 0 aliphatic rings. The molecular formula is C11H18N4O3S. The Balaban J connectivity index is 2.49. The standard InChI is InChI=1S/C11H18N4O3S/c1-7(5-19-2)14-11(18)15-9(10(16)17)3-8-4-12-6-13-8/h4,6-7,9H,3,5H2,1-2H3,(H,12,13)(H,16,17)(H2,14,15,18). The Hall–Kier alpha value is -1.70. The number of H-pyrrole nitrogens is 1. The number of aromatic amines is 1. The molecule has 106 valence electrons. The summed E-state index contributed by atoms with van der Waals surface area (Å²) in [6.07, 6.45) is 5.11. The van der Waals surface area contributed by atoms with Crippen LogP contribution >= 0.6 is 11.8 Å². The monoisotopic (exact) mass is 286 g/mol. The van der Waals surface area contributed by atoms with Crippen molar-refractivity contribution in [2.24, 2.45) is 0 Å². The second-order valence-electron chi connectivity index (χ2n) is 4.15. The SMILES string of the molecule is CSCC(C)NC(=O)NC(Cc1cnc[nH]1)C(=O)O. The second kappa shape index (κ2) is 7.67. The van der Waals surface area contributed by atoms with E-state index in [0.29, 0.717) is 5.69 Å². The maximum atomic E-state index is 11.7. The summed E-state index contributed by atoms with van der Waals surface area (Å²) in [5, 5.41) is 14.2. The van der Waals surface area contributed by atoms with E-state index >= 15 is 0 Å². The van der Waals surface area contributed by atoms with Gasteiger partial charge >= 0.3 is 12.0 Å². The quantitative estimate of drug-likeness (QED) is 0.582. The van der Waals surface area contributed by atoms with E-state index in [9.17, 15) is 9.59 Å². The first kappa shape index (κ1) is 15.4. The summed E-state index contributed by atoms with van der Waals surface area (Å²) in [5.74, 6) is -0.312. The van der Waals surface area contributed by atoms with E-state index in [0.717, 1.165) is 5.75 Å². The zero-order chi connectivity index (χ0) is 14.3. The zero-order valence-corrected chi connectivity index (χ0v) is 11.7. The summed E-state index contributed by atoms with van der Waals surface area (Å²) in [7, 11) is 0. The van der Waals surface area contributed by atoms with Crippen molar-refractivity contribution in [3.8, 4) is 0 Å². The lowest BCUT2D eigenvalue weighted by Crippen LogP contribution is -2.49. The first-order valence-electron chi connectivity index (χ1n) is 5.79. The number of amides is 2. The zero-order valence-electron chi connectivity index (χ0n) is 10.8. The van der Waals surface area contributed by atoms with Crippen LogP contribution in [0.15, 0.2) is 12.5 Å². The van der Waals surface area contributed by atoms with Crippen LogP contribution in [0.3, 0.4) is 0 Å². The molecule has 0 spiro atoms. The Kier molecular flexibility index (Phi) is 6.20. The predicted octanol–water partition coefficient (Wildman–Crippen LogP) is 0.456. The summed E-state index contributed by atoms with van der Waals surface area (Å²) >= 11 is 1.61. The van der Waals surface area contributed by atoms with Gasteiger partial charge < -0.3 is 20.7 Å². The summed E-state index contributed by atoms with van der Waals surface area (Å²) in [4.78, 5) is 29.4. The van der Waals surface area contributed by atoms with Crippen molar-refractivity contribution in [2.45, 2.75) is 25.4 Å². The average molecular weight is 286 g/mol. The topological polar surface area (TPSA) is 107 Å². The van der Waals surface area contributed by atoms with Crippen LogP contribution in [0.5, 0.6) is 0 Å². The Bertz CT molecular complexity index is 410. The predicted molar refractivity (Wildman–Crippen MR) is 73.2 cm³/mol. The molecular weight excluding hydrogens is 268 g/mol. The smallest absolute Gasteiger partial charge is 0.326 e. The number of imidazole rings is 1. The molecule has 0 aromatic carbocycles. The molecule has 0 fully saturated rings. The first-order chi connectivity index (χ1) is 9.02. The van der Waals surface area contributed by atoms with Crippen molar-refractivity contribution in [1.29, 1.82) is 0 Å². The van der Waals surface area contributed by atoms with Crippen LogP contribution in [0.1, 0.15) is 12.6 Å². The molecule has 0 radical (unpaired) electrons. The third-order valence-electron chi connectivity index (χ3n) is 2.38. The lowest BCUT2D eigenvalue weighted by atomic mass is 10.2. The lowest BCUT2D eigenvalue weighted by molar-refractivity contribution is -0.139. The molecule has 1 rings (SSSR count). The largest absolute Gasteiger partial charge is 0.480 e. The summed E-state index contributed by atoms with van der Waals surface area (Å²) in [6.45, 7) is 1.86. The summed E-state index contributed by atoms with van der Waals surface area (Å²) in [5.41, 5.74) is 0.657. The van der Waals surface area contributed by atoms with E-state index in [1.165, 1.54) is 12.5 Å². The molecule has 0 aliphatic heterocycles. The van der Waals surface area contributed by atoms with Crippen molar-refractivity contribution >= 4 is 23.8 Å². The van der Waals surface area contributed by atoms with Crippen molar-refractivity contribution in [3.63, 3.8) is 0 Å². The molecule has 0 bridgehead atoms. The third-order valence-corrected chi connectivity index (χ3v) is 3.21. The minimum absolute atomic E-state index is 0.0170. The van der Waals surface area contributed by atoms with Gasteiger partial charge in [0.05, 0.1) is 6.33 Å². The van der Waals surface area contributed by atoms with Crippen LogP contribution in [0.2, 0.25) is 0 Å². The maximum Gasteiger partial charge on any atom is 0.326 e. The van der Waals surface area contributed by atoms with Crippen molar-refractivity contribution in [2.75, 3.05) is 12.0 Å². The van der Waals surface area contributed by atoms with Crippen LogP contribution in [0, 0.1) is 0 Å². The van der Waals surface area contributed by atoms with Gasteiger partial charge in [-0.2, -0.15) is 11.8 Å². The van der Waals surface area contributed by atoms with E-state index in [1.54, 1.807) is 11.8 Å². The second-order valence-corrected chi connectivity index (χ2v) is 5.06. The number of rotatable bonds is 7. The van der Waals surface area contributed by atoms with E-state index in [1.807, 2.05) is 13.2 Å². The van der Waals surface area contributed by atoms with Gasteiger partial charge in [-0.15, -0.1) is 0 Å². The fourth-order valence-corrected chi connectivity index (χ4v) is 2.12. The average Bonchev–Trinajstić information content (AvgIpc) is 2.80.